The summed E-state index contributed by atoms with van der Waals surface area (Å²) in [6, 6.07) is 2.43. The zero-order valence-electron chi connectivity index (χ0n) is 17.5. The summed E-state index contributed by atoms with van der Waals surface area (Å²) in [6.45, 7) is 4.02. The van der Waals surface area contributed by atoms with E-state index in [4.69, 9.17) is 14.2 Å². The zero-order valence-corrected chi connectivity index (χ0v) is 17.5. The lowest BCUT2D eigenvalue weighted by molar-refractivity contribution is 0.0690. The first-order valence-electron chi connectivity index (χ1n) is 9.86. The molecule has 0 amide bonds. The van der Waals surface area contributed by atoms with Gasteiger partial charge in [-0.3, -0.25) is 10.1 Å². The predicted octanol–water partition coefficient (Wildman–Crippen LogP) is 1.92. The molecule has 0 radical (unpaired) electrons. The second-order valence-corrected chi connectivity index (χ2v) is 6.98. The first-order valence-corrected chi connectivity index (χ1v) is 9.86. The van der Waals surface area contributed by atoms with Crippen LogP contribution in [-0.4, -0.2) is 70.2 Å². The van der Waals surface area contributed by atoms with Gasteiger partial charge in [-0.15, -0.1) is 0 Å². The lowest BCUT2D eigenvalue weighted by Crippen LogP contribution is -2.37. The van der Waals surface area contributed by atoms with Gasteiger partial charge in [-0.05, 0) is 6.92 Å². The van der Waals surface area contributed by atoms with Gasteiger partial charge in [-0.1, -0.05) is 0 Å². The summed E-state index contributed by atoms with van der Waals surface area (Å²) in [5.41, 5.74) is 0.725. The molecule has 4 rings (SSSR count). The topological polar surface area (TPSA) is 123 Å². The maximum absolute atomic E-state index is 14.3. The molecule has 1 aliphatic rings. The van der Waals surface area contributed by atoms with Crippen LogP contribution < -0.4 is 15.0 Å². The third-order valence-electron chi connectivity index (χ3n) is 4.55. The molecule has 3 aromatic rings. The monoisotopic (exact) mass is 448 g/mol. The van der Waals surface area contributed by atoms with Crippen LogP contribution in [0, 0.1) is 18.6 Å². The van der Waals surface area contributed by atoms with Crippen molar-refractivity contribution in [1.29, 1.82) is 0 Å². The highest BCUT2D eigenvalue weighted by atomic mass is 19.1. The van der Waals surface area contributed by atoms with Crippen molar-refractivity contribution in [2.24, 2.45) is 0 Å². The number of hydrogen-bond acceptors (Lipinski definition) is 10. The van der Waals surface area contributed by atoms with Gasteiger partial charge in [0.2, 0.25) is 11.9 Å². The van der Waals surface area contributed by atoms with Crippen molar-refractivity contribution in [2.45, 2.75) is 13.0 Å². The third-order valence-corrected chi connectivity index (χ3v) is 4.55. The number of ether oxygens (including phenoxy) is 3. The molecule has 1 fully saturated rings. The van der Waals surface area contributed by atoms with E-state index in [-0.39, 0.29) is 24.3 Å². The maximum Gasteiger partial charge on any atom is 0.323 e. The Morgan fingerprint density at radius 2 is 2.03 bits per heavy atom. The number of morpholine rings is 1. The number of H-pyrrole nitrogens is 1. The van der Waals surface area contributed by atoms with Gasteiger partial charge in [-0.25, -0.2) is 8.78 Å². The van der Waals surface area contributed by atoms with E-state index in [1.165, 1.54) is 7.11 Å². The zero-order chi connectivity index (χ0) is 22.5. The maximum atomic E-state index is 14.3. The highest BCUT2D eigenvalue weighted by Crippen LogP contribution is 2.24. The van der Waals surface area contributed by atoms with Crippen LogP contribution in [0.25, 0.3) is 0 Å². The summed E-state index contributed by atoms with van der Waals surface area (Å²) in [7, 11) is 1.43. The first kappa shape index (κ1) is 21.8. The molecular formula is C19H22F2N8O3. The Kier molecular flexibility index (Phi) is 6.66. The number of aromatic amines is 1. The van der Waals surface area contributed by atoms with Crippen molar-refractivity contribution in [3.05, 3.63) is 41.4 Å². The number of methoxy groups -OCH3 is 1. The number of nitrogens with zero attached hydrogens (tertiary/aromatic N) is 6. The Hall–Kier alpha value is -3.45. The molecule has 170 valence electrons. The summed E-state index contributed by atoms with van der Waals surface area (Å²) in [5, 5.41) is 9.93. The minimum atomic E-state index is -1.01. The van der Waals surface area contributed by atoms with Crippen molar-refractivity contribution in [1.82, 2.24) is 30.1 Å². The fourth-order valence-electron chi connectivity index (χ4n) is 3.07. The molecule has 1 aliphatic heterocycles. The number of anilines is 3. The number of rotatable bonds is 8. The van der Waals surface area contributed by atoms with Crippen LogP contribution in [0.15, 0.2) is 18.3 Å². The van der Waals surface area contributed by atoms with Crippen molar-refractivity contribution < 1.29 is 23.0 Å². The van der Waals surface area contributed by atoms with Crippen LogP contribution in [0.2, 0.25) is 0 Å². The summed E-state index contributed by atoms with van der Waals surface area (Å²) in [5.74, 6) is -0.603. The minimum Gasteiger partial charge on any atom is -0.451 e. The number of nitrogens with one attached hydrogen (secondary N) is 2. The molecule has 11 nitrogen and oxygen atoms in total. The Morgan fingerprint density at radius 1 is 1.22 bits per heavy atom. The SMILES string of the molecule is COC[C@@H](Oc1nc(Nc2cc(C)[nH]n2)nc(N2CCOCC2)n1)c1ncc(F)cc1F. The van der Waals surface area contributed by atoms with Crippen LogP contribution in [0.3, 0.4) is 0 Å². The minimum absolute atomic E-state index is 0.0601. The van der Waals surface area contributed by atoms with Crippen molar-refractivity contribution in [2.75, 3.05) is 50.2 Å². The van der Waals surface area contributed by atoms with E-state index >= 15 is 0 Å². The molecule has 0 aliphatic carbocycles. The smallest absolute Gasteiger partial charge is 0.323 e. The van der Waals surface area contributed by atoms with Crippen molar-refractivity contribution >= 4 is 17.7 Å². The number of hydrogen-bond donors (Lipinski definition) is 2. The summed E-state index contributed by atoms with van der Waals surface area (Å²) in [4.78, 5) is 18.8. The highest BCUT2D eigenvalue weighted by Gasteiger charge is 2.24. The van der Waals surface area contributed by atoms with Crippen LogP contribution in [0.4, 0.5) is 26.5 Å². The van der Waals surface area contributed by atoms with Gasteiger partial charge in [0.15, 0.2) is 17.7 Å². The summed E-state index contributed by atoms with van der Waals surface area (Å²) in [6.07, 6.45) is -0.106. The number of aromatic nitrogens is 6. The van der Waals surface area contributed by atoms with E-state index in [1.807, 2.05) is 11.8 Å². The fourth-order valence-corrected chi connectivity index (χ4v) is 3.07. The van der Waals surface area contributed by atoms with Crippen LogP contribution in [0.5, 0.6) is 6.01 Å². The molecule has 1 atom stereocenters. The Bertz CT molecular complexity index is 1060. The van der Waals surface area contributed by atoms with E-state index < -0.39 is 17.7 Å². The van der Waals surface area contributed by atoms with Crippen LogP contribution in [0.1, 0.15) is 17.5 Å². The average molecular weight is 448 g/mol. The second-order valence-electron chi connectivity index (χ2n) is 6.98. The molecule has 13 heteroatoms. The summed E-state index contributed by atoms with van der Waals surface area (Å²) < 4.78 is 44.0. The van der Waals surface area contributed by atoms with Crippen LogP contribution >= 0.6 is 0 Å². The van der Waals surface area contributed by atoms with Gasteiger partial charge in [0, 0.05) is 38.0 Å². The summed E-state index contributed by atoms with van der Waals surface area (Å²) >= 11 is 0. The van der Waals surface area contributed by atoms with Gasteiger partial charge >= 0.3 is 6.01 Å². The third kappa shape index (κ3) is 5.23. The lowest BCUT2D eigenvalue weighted by atomic mass is 10.2. The molecule has 0 bridgehead atoms. The Morgan fingerprint density at radius 3 is 2.72 bits per heavy atom. The molecule has 2 N–H and O–H groups in total. The van der Waals surface area contributed by atoms with Gasteiger partial charge in [0.25, 0.3) is 0 Å². The lowest BCUT2D eigenvalue weighted by Gasteiger charge is -2.27. The van der Waals surface area contributed by atoms with E-state index in [0.717, 1.165) is 18.0 Å². The number of pyridine rings is 1. The largest absolute Gasteiger partial charge is 0.451 e. The van der Waals surface area contributed by atoms with Gasteiger partial charge in [0.1, 0.15) is 11.5 Å². The number of aryl methyl sites for hydroxylation is 1. The quantitative estimate of drug-likeness (QED) is 0.528. The predicted molar refractivity (Wildman–Crippen MR) is 109 cm³/mol. The van der Waals surface area contributed by atoms with Gasteiger partial charge in [-0.2, -0.15) is 20.1 Å². The molecule has 32 heavy (non-hydrogen) atoms. The Balaban J connectivity index is 1.66. The van der Waals surface area contributed by atoms with E-state index in [2.05, 4.69) is 35.5 Å². The van der Waals surface area contributed by atoms with Crippen molar-refractivity contribution in [3.63, 3.8) is 0 Å². The molecule has 1 saturated heterocycles. The van der Waals surface area contributed by atoms with Gasteiger partial charge in [0.05, 0.1) is 26.0 Å². The molecular weight excluding hydrogens is 426 g/mol. The van der Waals surface area contributed by atoms with Crippen molar-refractivity contribution in [3.8, 4) is 6.01 Å². The standard InChI is InChI=1S/C19H22F2N8O3/c1-11-7-15(28-27-11)23-17-24-18(29-3-5-31-6-4-29)26-19(25-17)32-14(10-30-2)16-13(21)8-12(20)9-22-16/h7-9,14H,3-6,10H2,1-2H3,(H2,23,24,25,26,27,28)/t14-/m1/s1. The molecule has 0 saturated carbocycles. The number of halogens is 2. The fraction of sp³-hybridized carbons (Fsp3) is 0.421. The Labute approximate surface area is 182 Å². The second kappa shape index (κ2) is 9.78. The molecule has 4 heterocycles. The highest BCUT2D eigenvalue weighted by molar-refractivity contribution is 5.50. The molecule has 0 aromatic carbocycles. The normalized spacial score (nSPS) is 14.9. The molecule has 0 spiro atoms. The average Bonchev–Trinajstić information content (AvgIpc) is 3.18. The van der Waals surface area contributed by atoms with E-state index in [0.29, 0.717) is 38.1 Å². The molecule has 0 unspecified atom stereocenters. The molecule has 3 aromatic heterocycles. The van der Waals surface area contributed by atoms with Crippen LogP contribution in [-0.2, 0) is 9.47 Å². The van der Waals surface area contributed by atoms with E-state index in [1.54, 1.807) is 6.07 Å². The van der Waals surface area contributed by atoms with Gasteiger partial charge < -0.3 is 24.4 Å². The first-order chi connectivity index (χ1) is 15.5. The van der Waals surface area contributed by atoms with E-state index in [9.17, 15) is 8.78 Å².